The van der Waals surface area contributed by atoms with Gasteiger partial charge in [-0.3, -0.25) is 4.79 Å². The van der Waals surface area contributed by atoms with E-state index in [1.165, 1.54) is 0 Å². The van der Waals surface area contributed by atoms with Crippen LogP contribution < -0.4 is 10.1 Å². The van der Waals surface area contributed by atoms with Crippen molar-refractivity contribution >= 4 is 21.8 Å². The second kappa shape index (κ2) is 6.39. The van der Waals surface area contributed by atoms with Crippen LogP contribution in [0.5, 0.6) is 5.75 Å². The topological polar surface area (TPSA) is 47.6 Å². The molecular weight excluding hydrogens is 310 g/mol. The van der Waals surface area contributed by atoms with Crippen molar-refractivity contribution in [3.63, 3.8) is 0 Å². The average molecular weight is 328 g/mol. The second-order valence-corrected chi connectivity index (χ2v) is 5.27. The molecule has 0 bridgehead atoms. The molecule has 19 heavy (non-hydrogen) atoms. The molecule has 1 amide bonds. The summed E-state index contributed by atoms with van der Waals surface area (Å²) in [6.07, 6.45) is 1.67. The summed E-state index contributed by atoms with van der Waals surface area (Å²) >= 11 is 3.50. The Morgan fingerprint density at radius 1 is 1.37 bits per heavy atom. The molecule has 1 aliphatic heterocycles. The molecule has 2 rings (SSSR count). The van der Waals surface area contributed by atoms with Gasteiger partial charge in [0, 0.05) is 24.1 Å². The number of benzene rings is 1. The van der Waals surface area contributed by atoms with Crippen LogP contribution in [-0.4, -0.2) is 37.1 Å². The van der Waals surface area contributed by atoms with Crippen molar-refractivity contribution < 1.29 is 14.3 Å². The summed E-state index contributed by atoms with van der Waals surface area (Å²) in [6.45, 7) is 1.38. The molecule has 1 fully saturated rings. The quantitative estimate of drug-likeness (QED) is 0.864. The number of carbonyl (C=O) groups excluding carboxylic acids is 1. The number of alkyl halides is 1. The molecular formula is C14H18BrNO3. The van der Waals surface area contributed by atoms with E-state index in [1.54, 1.807) is 31.4 Å². The summed E-state index contributed by atoms with van der Waals surface area (Å²) < 4.78 is 10.4. The zero-order valence-corrected chi connectivity index (χ0v) is 12.5. The van der Waals surface area contributed by atoms with E-state index in [0.29, 0.717) is 18.8 Å². The van der Waals surface area contributed by atoms with Gasteiger partial charge in [0.05, 0.1) is 12.6 Å². The highest BCUT2D eigenvalue weighted by Gasteiger charge is 2.33. The maximum absolute atomic E-state index is 12.3. The summed E-state index contributed by atoms with van der Waals surface area (Å²) in [5.74, 6) is 0.696. The maximum atomic E-state index is 12.3. The van der Waals surface area contributed by atoms with Crippen LogP contribution in [0.1, 0.15) is 23.2 Å². The van der Waals surface area contributed by atoms with Gasteiger partial charge in [0.25, 0.3) is 5.91 Å². The minimum Gasteiger partial charge on any atom is -0.497 e. The van der Waals surface area contributed by atoms with Crippen molar-refractivity contribution in [2.45, 2.75) is 18.4 Å². The first-order chi connectivity index (χ1) is 9.19. The van der Waals surface area contributed by atoms with Gasteiger partial charge in [0.2, 0.25) is 0 Å². The first kappa shape index (κ1) is 14.3. The Labute approximate surface area is 121 Å². The molecule has 0 unspecified atom stereocenters. The van der Waals surface area contributed by atoms with E-state index >= 15 is 0 Å². The Balaban J connectivity index is 2.06. The van der Waals surface area contributed by atoms with Crippen LogP contribution >= 0.6 is 15.9 Å². The number of carbonyl (C=O) groups is 1. The Hall–Kier alpha value is -1.07. The fourth-order valence-corrected chi connectivity index (χ4v) is 2.81. The van der Waals surface area contributed by atoms with Crippen LogP contribution in [0, 0.1) is 0 Å². The minimum absolute atomic E-state index is 0.0518. The number of rotatable bonds is 4. The molecule has 1 heterocycles. The monoisotopic (exact) mass is 327 g/mol. The van der Waals surface area contributed by atoms with Gasteiger partial charge in [-0.15, -0.1) is 0 Å². The number of halogens is 1. The molecule has 0 saturated carbocycles. The smallest absolute Gasteiger partial charge is 0.251 e. The zero-order chi connectivity index (χ0) is 13.7. The molecule has 4 nitrogen and oxygen atoms in total. The Bertz CT molecular complexity index is 427. The lowest BCUT2D eigenvalue weighted by molar-refractivity contribution is 0.0442. The normalized spacial score (nSPS) is 17.8. The van der Waals surface area contributed by atoms with E-state index in [4.69, 9.17) is 9.47 Å². The number of hydrogen-bond donors (Lipinski definition) is 1. The first-order valence-electron chi connectivity index (χ1n) is 6.29. The maximum Gasteiger partial charge on any atom is 0.251 e. The van der Waals surface area contributed by atoms with Gasteiger partial charge in [0.1, 0.15) is 5.75 Å². The van der Waals surface area contributed by atoms with Crippen LogP contribution in [-0.2, 0) is 4.74 Å². The fraction of sp³-hybridized carbons (Fsp3) is 0.500. The Kier molecular flexibility index (Phi) is 4.82. The summed E-state index contributed by atoms with van der Waals surface area (Å²) in [5, 5.41) is 3.87. The predicted molar refractivity (Wildman–Crippen MR) is 77.0 cm³/mol. The highest BCUT2D eigenvalue weighted by molar-refractivity contribution is 9.09. The molecule has 0 spiro atoms. The third-order valence-electron chi connectivity index (χ3n) is 3.44. The Morgan fingerprint density at radius 3 is 2.53 bits per heavy atom. The molecule has 5 heteroatoms. The number of hydrogen-bond acceptors (Lipinski definition) is 3. The van der Waals surface area contributed by atoms with E-state index in [2.05, 4.69) is 21.2 Å². The number of nitrogens with one attached hydrogen (secondary N) is 1. The Morgan fingerprint density at radius 2 is 2.00 bits per heavy atom. The predicted octanol–water partition coefficient (Wildman–Crippen LogP) is 2.37. The van der Waals surface area contributed by atoms with E-state index < -0.39 is 0 Å². The zero-order valence-electron chi connectivity index (χ0n) is 10.9. The van der Waals surface area contributed by atoms with Gasteiger partial charge in [-0.25, -0.2) is 0 Å². The lowest BCUT2D eigenvalue weighted by atomic mass is 9.92. The summed E-state index contributed by atoms with van der Waals surface area (Å²) in [4.78, 5) is 12.3. The highest BCUT2D eigenvalue weighted by Crippen LogP contribution is 2.23. The van der Waals surface area contributed by atoms with Crippen molar-refractivity contribution in [2.24, 2.45) is 0 Å². The van der Waals surface area contributed by atoms with Gasteiger partial charge >= 0.3 is 0 Å². The molecule has 1 saturated heterocycles. The highest BCUT2D eigenvalue weighted by atomic mass is 79.9. The van der Waals surface area contributed by atoms with E-state index in [0.717, 1.165) is 23.9 Å². The van der Waals surface area contributed by atoms with Gasteiger partial charge in [-0.05, 0) is 37.1 Å². The third kappa shape index (κ3) is 3.48. The minimum atomic E-state index is -0.199. The van der Waals surface area contributed by atoms with Crippen molar-refractivity contribution in [1.82, 2.24) is 5.32 Å². The van der Waals surface area contributed by atoms with E-state index in [9.17, 15) is 4.79 Å². The van der Waals surface area contributed by atoms with Crippen LogP contribution in [0.2, 0.25) is 0 Å². The first-order valence-corrected chi connectivity index (χ1v) is 7.41. The largest absolute Gasteiger partial charge is 0.497 e. The number of methoxy groups -OCH3 is 1. The molecule has 0 atom stereocenters. The van der Waals surface area contributed by atoms with Gasteiger partial charge in [-0.1, -0.05) is 15.9 Å². The molecule has 0 aromatic heterocycles. The lowest BCUT2D eigenvalue weighted by Gasteiger charge is -2.36. The molecule has 104 valence electrons. The van der Waals surface area contributed by atoms with Crippen LogP contribution in [0.4, 0.5) is 0 Å². The molecule has 0 radical (unpaired) electrons. The molecule has 0 aliphatic carbocycles. The van der Waals surface area contributed by atoms with Gasteiger partial charge in [-0.2, -0.15) is 0 Å². The van der Waals surface area contributed by atoms with E-state index in [1.807, 2.05) is 0 Å². The molecule has 1 aromatic carbocycles. The molecule has 1 aliphatic rings. The number of ether oxygens (including phenoxy) is 2. The lowest BCUT2D eigenvalue weighted by Crippen LogP contribution is -2.53. The standard InChI is InChI=1S/C14H18BrNO3/c1-18-12-4-2-11(3-5-12)13(17)16-14(10-15)6-8-19-9-7-14/h2-5H,6-10H2,1H3,(H,16,17). The molecule has 1 aromatic rings. The van der Waals surface area contributed by atoms with Crippen molar-refractivity contribution in [2.75, 3.05) is 25.7 Å². The molecule has 1 N–H and O–H groups in total. The summed E-state index contributed by atoms with van der Waals surface area (Å²) in [7, 11) is 1.61. The van der Waals surface area contributed by atoms with Gasteiger partial charge < -0.3 is 14.8 Å². The van der Waals surface area contributed by atoms with Crippen molar-refractivity contribution in [1.29, 1.82) is 0 Å². The summed E-state index contributed by atoms with van der Waals surface area (Å²) in [5.41, 5.74) is 0.447. The van der Waals surface area contributed by atoms with Gasteiger partial charge in [0.15, 0.2) is 0 Å². The second-order valence-electron chi connectivity index (χ2n) is 4.71. The number of amides is 1. The van der Waals surface area contributed by atoms with Crippen LogP contribution in [0.25, 0.3) is 0 Å². The van der Waals surface area contributed by atoms with Crippen LogP contribution in [0.3, 0.4) is 0 Å². The van der Waals surface area contributed by atoms with Crippen molar-refractivity contribution in [3.8, 4) is 5.75 Å². The summed E-state index contributed by atoms with van der Waals surface area (Å²) in [6, 6.07) is 7.13. The fourth-order valence-electron chi connectivity index (χ4n) is 2.11. The third-order valence-corrected chi connectivity index (χ3v) is 4.51. The average Bonchev–Trinajstić information content (AvgIpc) is 2.48. The van der Waals surface area contributed by atoms with E-state index in [-0.39, 0.29) is 11.4 Å². The van der Waals surface area contributed by atoms with Crippen molar-refractivity contribution in [3.05, 3.63) is 29.8 Å². The SMILES string of the molecule is COc1ccc(C(=O)NC2(CBr)CCOCC2)cc1. The van der Waals surface area contributed by atoms with Crippen LogP contribution in [0.15, 0.2) is 24.3 Å².